The molecule has 0 aliphatic carbocycles. The van der Waals surface area contributed by atoms with Gasteiger partial charge in [0, 0.05) is 11.4 Å². The van der Waals surface area contributed by atoms with Crippen LogP contribution in [0.1, 0.15) is 33.4 Å². The summed E-state index contributed by atoms with van der Waals surface area (Å²) in [6.07, 6.45) is 0.255. The molecule has 0 fully saturated rings. The summed E-state index contributed by atoms with van der Waals surface area (Å²) >= 11 is 5.84. The number of nitrogens with zero attached hydrogens (tertiary/aromatic N) is 1. The minimum Gasteiger partial charge on any atom is -0.444 e. The van der Waals surface area contributed by atoms with E-state index in [0.717, 1.165) is 12.1 Å². The quantitative estimate of drug-likeness (QED) is 0.822. The van der Waals surface area contributed by atoms with Crippen LogP contribution < -0.4 is 5.32 Å². The number of carbonyl (C=O) groups is 1. The smallest absolute Gasteiger partial charge is 0.412 e. The molecule has 5 heteroatoms. The topological polar surface area (TPSA) is 51.2 Å². The van der Waals surface area contributed by atoms with Crippen molar-refractivity contribution in [1.29, 1.82) is 0 Å². The Labute approximate surface area is 106 Å². The third-order valence-corrected chi connectivity index (χ3v) is 2.05. The van der Waals surface area contributed by atoms with E-state index in [1.807, 2.05) is 27.7 Å². The van der Waals surface area contributed by atoms with Crippen LogP contribution in [0.15, 0.2) is 12.1 Å². The summed E-state index contributed by atoms with van der Waals surface area (Å²) in [5.41, 5.74) is 0.897. The molecule has 1 rings (SSSR count). The van der Waals surface area contributed by atoms with Crippen LogP contribution in [0.3, 0.4) is 0 Å². The molecule has 1 aromatic heterocycles. The van der Waals surface area contributed by atoms with Gasteiger partial charge in [0.05, 0.1) is 0 Å². The van der Waals surface area contributed by atoms with Gasteiger partial charge in [0.25, 0.3) is 0 Å². The molecule has 0 spiro atoms. The average molecular weight is 257 g/mol. The van der Waals surface area contributed by atoms with Crippen LogP contribution >= 0.6 is 11.6 Å². The standard InChI is InChI=1S/C12H17ClN2O2/c1-5-8-6-9(7-10(13)14-8)15-11(16)17-12(2,3)4/h6-7H,5H2,1-4H3,(H,14,15,16). The van der Waals surface area contributed by atoms with Gasteiger partial charge in [0.2, 0.25) is 0 Å². The average Bonchev–Trinajstić information content (AvgIpc) is 2.13. The third kappa shape index (κ3) is 5.04. The number of pyridine rings is 1. The van der Waals surface area contributed by atoms with Crippen molar-refractivity contribution in [2.24, 2.45) is 0 Å². The predicted octanol–water partition coefficient (Wildman–Crippen LogP) is 3.64. The molecule has 0 aromatic carbocycles. The van der Waals surface area contributed by atoms with Gasteiger partial charge in [0.1, 0.15) is 10.8 Å². The second kappa shape index (κ2) is 5.36. The molecule has 0 saturated carbocycles. The first-order chi connectivity index (χ1) is 7.80. The number of rotatable bonds is 2. The lowest BCUT2D eigenvalue weighted by molar-refractivity contribution is 0.0636. The zero-order valence-electron chi connectivity index (χ0n) is 10.5. The van der Waals surface area contributed by atoms with Crippen molar-refractivity contribution in [3.63, 3.8) is 0 Å². The summed E-state index contributed by atoms with van der Waals surface area (Å²) in [5, 5.41) is 2.99. The Kier molecular flexibility index (Phi) is 4.34. The van der Waals surface area contributed by atoms with Crippen LogP contribution in [0.4, 0.5) is 10.5 Å². The number of aryl methyl sites for hydroxylation is 1. The fourth-order valence-corrected chi connectivity index (χ4v) is 1.45. The summed E-state index contributed by atoms with van der Waals surface area (Å²) in [5.74, 6) is 0. The number of halogens is 1. The first-order valence-electron chi connectivity index (χ1n) is 5.46. The van der Waals surface area contributed by atoms with E-state index in [0.29, 0.717) is 10.8 Å². The molecule has 0 radical (unpaired) electrons. The number of anilines is 1. The van der Waals surface area contributed by atoms with E-state index < -0.39 is 11.7 Å². The molecular weight excluding hydrogens is 240 g/mol. The lowest BCUT2D eigenvalue weighted by atomic mass is 10.2. The van der Waals surface area contributed by atoms with Gasteiger partial charge < -0.3 is 4.74 Å². The fraction of sp³-hybridized carbons (Fsp3) is 0.500. The monoisotopic (exact) mass is 256 g/mol. The summed E-state index contributed by atoms with van der Waals surface area (Å²) in [4.78, 5) is 15.6. The van der Waals surface area contributed by atoms with Crippen LogP contribution in [0.25, 0.3) is 0 Å². The minimum absolute atomic E-state index is 0.357. The zero-order valence-corrected chi connectivity index (χ0v) is 11.3. The van der Waals surface area contributed by atoms with E-state index in [2.05, 4.69) is 10.3 Å². The van der Waals surface area contributed by atoms with E-state index in [9.17, 15) is 4.79 Å². The maximum absolute atomic E-state index is 11.5. The second-order valence-electron chi connectivity index (χ2n) is 4.65. The van der Waals surface area contributed by atoms with E-state index in [-0.39, 0.29) is 0 Å². The largest absolute Gasteiger partial charge is 0.444 e. The van der Waals surface area contributed by atoms with Gasteiger partial charge in [-0.25, -0.2) is 9.78 Å². The van der Waals surface area contributed by atoms with Crippen LogP contribution in [-0.2, 0) is 11.2 Å². The van der Waals surface area contributed by atoms with Crippen molar-refractivity contribution in [3.05, 3.63) is 23.0 Å². The number of hydrogen-bond acceptors (Lipinski definition) is 3. The van der Waals surface area contributed by atoms with Gasteiger partial charge in [-0.1, -0.05) is 18.5 Å². The minimum atomic E-state index is -0.519. The van der Waals surface area contributed by atoms with Crippen molar-refractivity contribution >= 4 is 23.4 Å². The zero-order chi connectivity index (χ0) is 13.1. The molecule has 1 amide bonds. The molecule has 94 valence electrons. The molecule has 1 aromatic rings. The molecule has 1 N–H and O–H groups in total. The fourth-order valence-electron chi connectivity index (χ4n) is 1.23. The number of aromatic nitrogens is 1. The first kappa shape index (κ1) is 13.8. The maximum Gasteiger partial charge on any atom is 0.412 e. The highest BCUT2D eigenvalue weighted by molar-refractivity contribution is 6.29. The van der Waals surface area contributed by atoms with Crippen molar-refractivity contribution in [2.75, 3.05) is 5.32 Å². The Morgan fingerprint density at radius 3 is 2.65 bits per heavy atom. The van der Waals surface area contributed by atoms with Crippen LogP contribution in [0, 0.1) is 0 Å². The molecular formula is C12H17ClN2O2. The van der Waals surface area contributed by atoms with Gasteiger partial charge in [-0.3, -0.25) is 5.32 Å². The molecule has 0 aliphatic rings. The first-order valence-corrected chi connectivity index (χ1v) is 5.84. The highest BCUT2D eigenvalue weighted by atomic mass is 35.5. The Morgan fingerprint density at radius 1 is 1.47 bits per heavy atom. The summed E-state index contributed by atoms with van der Waals surface area (Å²) in [7, 11) is 0. The molecule has 0 aliphatic heterocycles. The SMILES string of the molecule is CCc1cc(NC(=O)OC(C)(C)C)cc(Cl)n1. The van der Waals surface area contributed by atoms with Gasteiger partial charge in [-0.2, -0.15) is 0 Å². The van der Waals surface area contributed by atoms with E-state index in [4.69, 9.17) is 16.3 Å². The Hall–Kier alpha value is -1.29. The molecule has 1 heterocycles. The molecule has 0 saturated heterocycles. The predicted molar refractivity (Wildman–Crippen MR) is 68.5 cm³/mol. The van der Waals surface area contributed by atoms with Crippen LogP contribution in [-0.4, -0.2) is 16.7 Å². The molecule has 0 bridgehead atoms. The summed E-state index contributed by atoms with van der Waals surface area (Å²) in [6.45, 7) is 7.40. The normalized spacial score (nSPS) is 11.1. The third-order valence-electron chi connectivity index (χ3n) is 1.85. The number of amides is 1. The number of hydrogen-bond donors (Lipinski definition) is 1. The Bertz CT molecular complexity index is 413. The highest BCUT2D eigenvalue weighted by Crippen LogP contribution is 2.17. The maximum atomic E-state index is 11.5. The van der Waals surface area contributed by atoms with Crippen molar-refractivity contribution in [1.82, 2.24) is 4.98 Å². The van der Waals surface area contributed by atoms with E-state index in [1.165, 1.54) is 0 Å². The van der Waals surface area contributed by atoms with Crippen molar-refractivity contribution in [2.45, 2.75) is 39.7 Å². The number of carbonyl (C=O) groups excluding carboxylic acids is 1. The highest BCUT2D eigenvalue weighted by Gasteiger charge is 2.16. The van der Waals surface area contributed by atoms with Crippen LogP contribution in [0.5, 0.6) is 0 Å². The summed E-state index contributed by atoms with van der Waals surface area (Å²) < 4.78 is 5.14. The van der Waals surface area contributed by atoms with Gasteiger partial charge in [0.15, 0.2) is 0 Å². The van der Waals surface area contributed by atoms with Gasteiger partial charge >= 0.3 is 6.09 Å². The molecule has 17 heavy (non-hydrogen) atoms. The molecule has 4 nitrogen and oxygen atoms in total. The van der Waals surface area contributed by atoms with E-state index >= 15 is 0 Å². The van der Waals surface area contributed by atoms with Gasteiger partial charge in [-0.05, 0) is 39.3 Å². The van der Waals surface area contributed by atoms with Gasteiger partial charge in [-0.15, -0.1) is 0 Å². The second-order valence-corrected chi connectivity index (χ2v) is 5.04. The number of ether oxygens (including phenoxy) is 1. The summed E-state index contributed by atoms with van der Waals surface area (Å²) in [6, 6.07) is 3.36. The molecule has 0 unspecified atom stereocenters. The number of nitrogens with one attached hydrogen (secondary N) is 1. The molecule has 0 atom stereocenters. The lowest BCUT2D eigenvalue weighted by Gasteiger charge is -2.19. The van der Waals surface area contributed by atoms with E-state index in [1.54, 1.807) is 12.1 Å². The Balaban J connectivity index is 2.74. The van der Waals surface area contributed by atoms with Crippen LogP contribution in [0.2, 0.25) is 5.15 Å². The lowest BCUT2D eigenvalue weighted by Crippen LogP contribution is -2.27. The van der Waals surface area contributed by atoms with Crippen molar-refractivity contribution < 1.29 is 9.53 Å². The Morgan fingerprint density at radius 2 is 2.12 bits per heavy atom. The van der Waals surface area contributed by atoms with Crippen molar-refractivity contribution in [3.8, 4) is 0 Å².